The second kappa shape index (κ2) is 5.86. The van der Waals surface area contributed by atoms with Crippen LogP contribution in [0.2, 0.25) is 5.02 Å². The molecule has 112 valence electrons. The van der Waals surface area contributed by atoms with Gasteiger partial charge in [-0.25, -0.2) is 4.79 Å². The molecule has 2 rings (SSSR count). The third kappa shape index (κ3) is 4.05. The zero-order chi connectivity index (χ0) is 15.6. The Balaban J connectivity index is 2.05. The largest absolute Gasteiger partial charge is 0.445 e. The molecule has 0 aliphatic heterocycles. The first-order valence-electron chi connectivity index (χ1n) is 5.50. The molecule has 21 heavy (non-hydrogen) atoms. The standard InChI is InChI=1S/C11H8ClF3N4OS/c1-5-2-3-6(12)4-7(5)16-9(20)17-10-19-18-8(21-10)11(13,14)15/h2-4H,1H3,(H2,16,17,19,20). The minimum Gasteiger partial charge on any atom is -0.307 e. The number of alkyl halides is 3. The number of rotatable bonds is 2. The van der Waals surface area contributed by atoms with Gasteiger partial charge < -0.3 is 5.32 Å². The van der Waals surface area contributed by atoms with E-state index in [2.05, 4.69) is 20.8 Å². The lowest BCUT2D eigenvalue weighted by molar-refractivity contribution is -0.138. The Bertz CT molecular complexity index is 674. The molecule has 0 saturated heterocycles. The second-order valence-corrected chi connectivity index (χ2v) is 5.36. The van der Waals surface area contributed by atoms with Crippen LogP contribution in [0.4, 0.5) is 28.8 Å². The molecule has 1 aromatic carbocycles. The smallest absolute Gasteiger partial charge is 0.307 e. The number of urea groups is 1. The van der Waals surface area contributed by atoms with Crippen LogP contribution in [0.1, 0.15) is 10.6 Å². The van der Waals surface area contributed by atoms with Crippen molar-refractivity contribution in [3.8, 4) is 0 Å². The number of aryl methyl sites for hydroxylation is 1. The van der Waals surface area contributed by atoms with Gasteiger partial charge >= 0.3 is 12.2 Å². The van der Waals surface area contributed by atoms with Crippen molar-refractivity contribution in [2.75, 3.05) is 10.6 Å². The van der Waals surface area contributed by atoms with Crippen LogP contribution in [0.15, 0.2) is 18.2 Å². The Labute approximate surface area is 126 Å². The number of carbonyl (C=O) groups excluding carboxylic acids is 1. The van der Waals surface area contributed by atoms with Crippen LogP contribution < -0.4 is 10.6 Å². The summed E-state index contributed by atoms with van der Waals surface area (Å²) in [4.78, 5) is 11.7. The first kappa shape index (κ1) is 15.5. The molecule has 0 atom stereocenters. The number of aromatic nitrogens is 2. The van der Waals surface area contributed by atoms with Gasteiger partial charge in [0.05, 0.1) is 0 Å². The van der Waals surface area contributed by atoms with Gasteiger partial charge in [0.15, 0.2) is 0 Å². The van der Waals surface area contributed by atoms with Crippen LogP contribution >= 0.6 is 22.9 Å². The van der Waals surface area contributed by atoms with Gasteiger partial charge in [0.2, 0.25) is 10.1 Å². The predicted molar refractivity (Wildman–Crippen MR) is 73.7 cm³/mol. The van der Waals surface area contributed by atoms with E-state index >= 15 is 0 Å². The molecule has 0 fully saturated rings. The summed E-state index contributed by atoms with van der Waals surface area (Å²) >= 11 is 6.04. The van der Waals surface area contributed by atoms with Gasteiger partial charge in [-0.2, -0.15) is 13.2 Å². The summed E-state index contributed by atoms with van der Waals surface area (Å²) in [5, 5.41) is 9.91. The molecule has 1 heterocycles. The van der Waals surface area contributed by atoms with Gasteiger partial charge in [-0.1, -0.05) is 29.0 Å². The predicted octanol–water partition coefficient (Wildman–Crippen LogP) is 4.16. The molecule has 10 heteroatoms. The zero-order valence-electron chi connectivity index (χ0n) is 10.5. The van der Waals surface area contributed by atoms with Gasteiger partial charge in [0, 0.05) is 10.7 Å². The van der Waals surface area contributed by atoms with E-state index in [1.54, 1.807) is 19.1 Å². The number of amides is 2. The number of hydrogen-bond acceptors (Lipinski definition) is 4. The number of halogens is 4. The molecule has 0 aliphatic carbocycles. The highest BCUT2D eigenvalue weighted by Crippen LogP contribution is 2.33. The number of nitrogens with zero attached hydrogens (tertiary/aromatic N) is 2. The second-order valence-electron chi connectivity index (χ2n) is 3.95. The van der Waals surface area contributed by atoms with Crippen molar-refractivity contribution in [1.29, 1.82) is 0 Å². The van der Waals surface area contributed by atoms with E-state index < -0.39 is 17.2 Å². The van der Waals surface area contributed by atoms with Gasteiger partial charge in [0.1, 0.15) is 0 Å². The Morgan fingerprint density at radius 2 is 2.00 bits per heavy atom. The maximum Gasteiger partial charge on any atom is 0.445 e. The normalized spacial score (nSPS) is 11.3. The van der Waals surface area contributed by atoms with Crippen LogP contribution in [0.25, 0.3) is 0 Å². The maximum atomic E-state index is 12.3. The summed E-state index contributed by atoms with van der Waals surface area (Å²) in [5.41, 5.74) is 1.20. The monoisotopic (exact) mass is 336 g/mol. The van der Waals surface area contributed by atoms with E-state index in [4.69, 9.17) is 11.6 Å². The first-order valence-corrected chi connectivity index (χ1v) is 6.70. The van der Waals surface area contributed by atoms with Gasteiger partial charge in [0.25, 0.3) is 0 Å². The van der Waals surface area contributed by atoms with Crippen LogP contribution in [0.5, 0.6) is 0 Å². The minimum absolute atomic E-state index is 0.241. The van der Waals surface area contributed by atoms with Crippen LogP contribution in [-0.4, -0.2) is 16.2 Å². The summed E-state index contributed by atoms with van der Waals surface area (Å²) in [6, 6.07) is 4.15. The van der Waals surface area contributed by atoms with Gasteiger partial charge in [-0.15, -0.1) is 10.2 Å². The molecule has 2 amide bonds. The first-order chi connectivity index (χ1) is 9.75. The van der Waals surface area contributed by atoms with Crippen LogP contribution in [0.3, 0.4) is 0 Å². The molecule has 0 unspecified atom stereocenters. The molecule has 5 nitrogen and oxygen atoms in total. The van der Waals surface area contributed by atoms with Crippen molar-refractivity contribution in [1.82, 2.24) is 10.2 Å². The van der Waals surface area contributed by atoms with Crippen molar-refractivity contribution in [2.24, 2.45) is 0 Å². The van der Waals surface area contributed by atoms with E-state index in [0.717, 1.165) is 5.56 Å². The highest BCUT2D eigenvalue weighted by molar-refractivity contribution is 7.15. The fourth-order valence-corrected chi connectivity index (χ4v) is 2.15. The summed E-state index contributed by atoms with van der Waals surface area (Å²) in [5.74, 6) is 0. The fraction of sp³-hybridized carbons (Fsp3) is 0.182. The highest BCUT2D eigenvalue weighted by atomic mass is 35.5. The summed E-state index contributed by atoms with van der Waals surface area (Å²) < 4.78 is 37.0. The number of hydrogen-bond donors (Lipinski definition) is 2. The van der Waals surface area contributed by atoms with E-state index in [0.29, 0.717) is 10.7 Å². The highest BCUT2D eigenvalue weighted by Gasteiger charge is 2.35. The minimum atomic E-state index is -4.59. The van der Waals surface area contributed by atoms with Crippen molar-refractivity contribution in [3.63, 3.8) is 0 Å². The molecular weight excluding hydrogens is 329 g/mol. The molecule has 1 aromatic heterocycles. The molecular formula is C11H8ClF3N4OS. The summed E-state index contributed by atoms with van der Waals surface area (Å²) in [7, 11) is 0. The van der Waals surface area contributed by atoms with Crippen molar-refractivity contribution in [3.05, 3.63) is 33.8 Å². The fourth-order valence-electron chi connectivity index (χ4n) is 1.37. The number of nitrogens with one attached hydrogen (secondary N) is 2. The van der Waals surface area contributed by atoms with Crippen molar-refractivity contribution < 1.29 is 18.0 Å². The van der Waals surface area contributed by atoms with E-state index in [-0.39, 0.29) is 16.5 Å². The number of benzene rings is 1. The third-order valence-electron chi connectivity index (χ3n) is 2.34. The Morgan fingerprint density at radius 3 is 2.62 bits per heavy atom. The topological polar surface area (TPSA) is 66.9 Å². The summed E-state index contributed by atoms with van der Waals surface area (Å²) in [6.45, 7) is 1.75. The molecule has 0 spiro atoms. The quantitative estimate of drug-likeness (QED) is 0.865. The lowest BCUT2D eigenvalue weighted by Crippen LogP contribution is -2.19. The lowest BCUT2D eigenvalue weighted by atomic mass is 10.2. The van der Waals surface area contributed by atoms with Crippen molar-refractivity contribution >= 4 is 39.8 Å². The Kier molecular flexibility index (Phi) is 4.33. The molecule has 0 saturated carbocycles. The molecule has 0 aliphatic rings. The van der Waals surface area contributed by atoms with E-state index in [1.807, 2.05) is 0 Å². The molecule has 0 bridgehead atoms. The zero-order valence-corrected chi connectivity index (χ0v) is 12.0. The number of carbonyl (C=O) groups is 1. The molecule has 0 radical (unpaired) electrons. The van der Waals surface area contributed by atoms with Crippen molar-refractivity contribution in [2.45, 2.75) is 13.1 Å². The van der Waals surface area contributed by atoms with E-state index in [9.17, 15) is 18.0 Å². The molecule has 2 N–H and O–H groups in total. The van der Waals surface area contributed by atoms with E-state index in [1.165, 1.54) is 6.07 Å². The average molecular weight is 337 g/mol. The Hall–Kier alpha value is -1.87. The Morgan fingerprint density at radius 1 is 1.29 bits per heavy atom. The van der Waals surface area contributed by atoms with Crippen LogP contribution in [-0.2, 0) is 6.18 Å². The summed E-state index contributed by atoms with van der Waals surface area (Å²) in [6.07, 6.45) is -4.59. The van der Waals surface area contributed by atoms with Gasteiger partial charge in [-0.3, -0.25) is 5.32 Å². The van der Waals surface area contributed by atoms with Crippen LogP contribution in [0, 0.1) is 6.92 Å². The average Bonchev–Trinajstić information content (AvgIpc) is 2.82. The number of anilines is 2. The van der Waals surface area contributed by atoms with Gasteiger partial charge in [-0.05, 0) is 24.6 Å². The maximum absolute atomic E-state index is 12.3. The SMILES string of the molecule is Cc1ccc(Cl)cc1NC(=O)Nc1nnc(C(F)(F)F)s1. The lowest BCUT2D eigenvalue weighted by Gasteiger charge is -2.08. The third-order valence-corrected chi connectivity index (χ3v) is 3.45. The molecule has 2 aromatic rings.